The Bertz CT molecular complexity index is 230. The summed E-state index contributed by atoms with van der Waals surface area (Å²) in [4.78, 5) is 4.51. The van der Waals surface area contributed by atoms with Crippen LogP contribution in [-0.2, 0) is 0 Å². The molecule has 1 N–H and O–H groups in total. The Morgan fingerprint density at radius 1 is 1.18 bits per heavy atom. The molecule has 1 aliphatic carbocycles. The minimum Gasteiger partial charge on any atom is -0.359 e. The van der Waals surface area contributed by atoms with Gasteiger partial charge < -0.3 is 9.80 Å². The summed E-state index contributed by atoms with van der Waals surface area (Å²) in [6.45, 7) is 7.56. The van der Waals surface area contributed by atoms with Gasteiger partial charge in [-0.3, -0.25) is 5.41 Å². The van der Waals surface area contributed by atoms with Crippen molar-refractivity contribution < 1.29 is 0 Å². The highest BCUT2D eigenvalue weighted by Crippen LogP contribution is 2.26. The van der Waals surface area contributed by atoms with Crippen molar-refractivity contribution >= 4 is 5.84 Å². The lowest BCUT2D eigenvalue weighted by Crippen LogP contribution is -2.41. The fourth-order valence-electron chi connectivity index (χ4n) is 2.53. The van der Waals surface area contributed by atoms with Crippen LogP contribution in [0.3, 0.4) is 0 Å². The summed E-state index contributed by atoms with van der Waals surface area (Å²) in [6, 6.07) is 0. The maximum absolute atomic E-state index is 8.39. The molecule has 0 amide bonds. The van der Waals surface area contributed by atoms with Crippen molar-refractivity contribution in [2.45, 2.75) is 39.5 Å². The fraction of sp³-hybridized carbons (Fsp3) is 0.929. The SMILES string of the molecule is CC(C)CN(CCN(C)C)C(=N)C1CCCC1. The van der Waals surface area contributed by atoms with Gasteiger partial charge in [0.05, 0.1) is 5.84 Å². The third-order valence-corrected chi connectivity index (χ3v) is 3.49. The summed E-state index contributed by atoms with van der Waals surface area (Å²) in [5.41, 5.74) is 0. The van der Waals surface area contributed by atoms with Gasteiger partial charge in [-0.1, -0.05) is 26.7 Å². The standard InChI is InChI=1S/C14H29N3/c1-12(2)11-17(10-9-16(3)4)14(15)13-7-5-6-8-13/h12-13,15H,5-11H2,1-4H3. The van der Waals surface area contributed by atoms with Crippen molar-refractivity contribution in [3.8, 4) is 0 Å². The average molecular weight is 239 g/mol. The molecular weight excluding hydrogens is 210 g/mol. The van der Waals surface area contributed by atoms with Crippen LogP contribution in [0, 0.1) is 17.2 Å². The monoisotopic (exact) mass is 239 g/mol. The number of nitrogens with zero attached hydrogens (tertiary/aromatic N) is 2. The largest absolute Gasteiger partial charge is 0.359 e. The maximum atomic E-state index is 8.39. The lowest BCUT2D eigenvalue weighted by atomic mass is 10.0. The smallest absolute Gasteiger partial charge is 0.0990 e. The molecule has 0 aromatic carbocycles. The van der Waals surface area contributed by atoms with E-state index in [0.29, 0.717) is 11.8 Å². The highest BCUT2D eigenvalue weighted by atomic mass is 15.2. The summed E-state index contributed by atoms with van der Waals surface area (Å²) in [7, 11) is 4.21. The number of nitrogens with one attached hydrogen (secondary N) is 1. The Balaban J connectivity index is 2.50. The predicted molar refractivity (Wildman–Crippen MR) is 74.6 cm³/mol. The van der Waals surface area contributed by atoms with Crippen LogP contribution < -0.4 is 0 Å². The van der Waals surface area contributed by atoms with Crippen LogP contribution in [0.2, 0.25) is 0 Å². The molecule has 0 unspecified atom stereocenters. The molecule has 1 rings (SSSR count). The normalized spacial score (nSPS) is 17.1. The molecule has 1 aliphatic rings. The second kappa shape index (κ2) is 7.00. The molecule has 1 saturated carbocycles. The summed E-state index contributed by atoms with van der Waals surface area (Å²) >= 11 is 0. The first-order valence-corrected chi connectivity index (χ1v) is 6.98. The van der Waals surface area contributed by atoms with E-state index in [4.69, 9.17) is 5.41 Å². The molecule has 3 heteroatoms. The van der Waals surface area contributed by atoms with E-state index < -0.39 is 0 Å². The van der Waals surface area contributed by atoms with E-state index in [2.05, 4.69) is 37.7 Å². The maximum Gasteiger partial charge on any atom is 0.0990 e. The van der Waals surface area contributed by atoms with Gasteiger partial charge in [0.15, 0.2) is 0 Å². The zero-order valence-electron chi connectivity index (χ0n) is 12.0. The number of likely N-dealkylation sites (N-methyl/N-ethyl adjacent to an activating group) is 1. The Labute approximate surface area is 107 Å². The van der Waals surface area contributed by atoms with Crippen LogP contribution in [0.1, 0.15) is 39.5 Å². The zero-order chi connectivity index (χ0) is 12.8. The van der Waals surface area contributed by atoms with Crippen molar-refractivity contribution in [3.63, 3.8) is 0 Å². The van der Waals surface area contributed by atoms with E-state index in [0.717, 1.165) is 25.5 Å². The topological polar surface area (TPSA) is 30.3 Å². The van der Waals surface area contributed by atoms with Gasteiger partial charge in [0, 0.05) is 25.6 Å². The van der Waals surface area contributed by atoms with Gasteiger partial charge in [-0.25, -0.2) is 0 Å². The summed E-state index contributed by atoms with van der Waals surface area (Å²) in [5.74, 6) is 2.08. The quantitative estimate of drug-likeness (QED) is 0.570. The van der Waals surface area contributed by atoms with Crippen LogP contribution >= 0.6 is 0 Å². The van der Waals surface area contributed by atoms with Gasteiger partial charge in [0.25, 0.3) is 0 Å². The summed E-state index contributed by atoms with van der Waals surface area (Å²) in [5, 5.41) is 8.39. The Hall–Kier alpha value is -0.570. The molecule has 0 aliphatic heterocycles. The van der Waals surface area contributed by atoms with Crippen molar-refractivity contribution in [3.05, 3.63) is 0 Å². The fourth-order valence-corrected chi connectivity index (χ4v) is 2.53. The van der Waals surface area contributed by atoms with Crippen LogP contribution in [-0.4, -0.2) is 49.4 Å². The van der Waals surface area contributed by atoms with Crippen LogP contribution in [0.25, 0.3) is 0 Å². The Kier molecular flexibility index (Phi) is 5.96. The van der Waals surface area contributed by atoms with Crippen LogP contribution in [0.15, 0.2) is 0 Å². The molecule has 0 bridgehead atoms. The van der Waals surface area contributed by atoms with Crippen LogP contribution in [0.5, 0.6) is 0 Å². The lowest BCUT2D eigenvalue weighted by Gasteiger charge is -2.31. The molecule has 0 aromatic rings. The number of hydrogen-bond acceptors (Lipinski definition) is 2. The van der Waals surface area contributed by atoms with Gasteiger partial charge in [0.2, 0.25) is 0 Å². The first-order valence-electron chi connectivity index (χ1n) is 6.98. The van der Waals surface area contributed by atoms with E-state index in [1.54, 1.807) is 0 Å². The molecule has 0 radical (unpaired) electrons. The average Bonchev–Trinajstić information content (AvgIpc) is 2.75. The van der Waals surface area contributed by atoms with Gasteiger partial charge in [-0.2, -0.15) is 0 Å². The Morgan fingerprint density at radius 3 is 2.24 bits per heavy atom. The molecular formula is C14H29N3. The minimum atomic E-state index is 0.538. The zero-order valence-corrected chi connectivity index (χ0v) is 12.0. The highest BCUT2D eigenvalue weighted by molar-refractivity contribution is 5.81. The van der Waals surface area contributed by atoms with Gasteiger partial charge in [-0.15, -0.1) is 0 Å². The van der Waals surface area contributed by atoms with E-state index in [9.17, 15) is 0 Å². The van der Waals surface area contributed by atoms with Crippen LogP contribution in [0.4, 0.5) is 0 Å². The molecule has 0 spiro atoms. The first-order chi connectivity index (χ1) is 8.00. The predicted octanol–water partition coefficient (Wildman–Crippen LogP) is 2.67. The molecule has 0 saturated heterocycles. The number of amidine groups is 1. The number of rotatable bonds is 6. The van der Waals surface area contributed by atoms with Gasteiger partial charge in [0.1, 0.15) is 0 Å². The van der Waals surface area contributed by atoms with Gasteiger partial charge in [-0.05, 0) is 32.9 Å². The Morgan fingerprint density at radius 2 is 1.76 bits per heavy atom. The minimum absolute atomic E-state index is 0.538. The summed E-state index contributed by atoms with van der Waals surface area (Å²) in [6.07, 6.45) is 5.09. The molecule has 3 nitrogen and oxygen atoms in total. The van der Waals surface area contributed by atoms with E-state index in [1.165, 1.54) is 25.7 Å². The lowest BCUT2D eigenvalue weighted by molar-refractivity contribution is 0.295. The summed E-state index contributed by atoms with van der Waals surface area (Å²) < 4.78 is 0. The molecule has 100 valence electrons. The molecule has 0 aromatic heterocycles. The molecule has 17 heavy (non-hydrogen) atoms. The van der Waals surface area contributed by atoms with Crippen molar-refractivity contribution in [2.24, 2.45) is 11.8 Å². The number of hydrogen-bond donors (Lipinski definition) is 1. The van der Waals surface area contributed by atoms with Crippen molar-refractivity contribution in [2.75, 3.05) is 33.7 Å². The van der Waals surface area contributed by atoms with E-state index in [-0.39, 0.29) is 0 Å². The van der Waals surface area contributed by atoms with Crippen molar-refractivity contribution in [1.82, 2.24) is 9.80 Å². The molecule has 0 atom stereocenters. The second-order valence-electron chi connectivity index (χ2n) is 6.01. The molecule has 1 fully saturated rings. The van der Waals surface area contributed by atoms with Crippen molar-refractivity contribution in [1.29, 1.82) is 5.41 Å². The van der Waals surface area contributed by atoms with E-state index >= 15 is 0 Å². The first kappa shape index (κ1) is 14.5. The van der Waals surface area contributed by atoms with Gasteiger partial charge >= 0.3 is 0 Å². The van der Waals surface area contributed by atoms with E-state index in [1.807, 2.05) is 0 Å². The second-order valence-corrected chi connectivity index (χ2v) is 6.01. The third kappa shape index (κ3) is 5.07. The molecule has 0 heterocycles. The third-order valence-electron chi connectivity index (χ3n) is 3.49. The highest BCUT2D eigenvalue weighted by Gasteiger charge is 2.24.